The van der Waals surface area contributed by atoms with Gasteiger partial charge in [-0.3, -0.25) is 9.59 Å². The van der Waals surface area contributed by atoms with Crippen LogP contribution in [0.1, 0.15) is 21.5 Å². The van der Waals surface area contributed by atoms with Crippen molar-refractivity contribution in [3.8, 4) is 11.5 Å². The number of rotatable bonds is 5. The third-order valence-corrected chi connectivity index (χ3v) is 4.25. The molecule has 6 heteroatoms. The summed E-state index contributed by atoms with van der Waals surface area (Å²) in [6.45, 7) is 2.07. The molecule has 0 aliphatic carbocycles. The van der Waals surface area contributed by atoms with Crippen LogP contribution in [-0.4, -0.2) is 25.1 Å². The molecule has 0 aliphatic heterocycles. The van der Waals surface area contributed by atoms with E-state index in [4.69, 9.17) is 9.47 Å². The summed E-state index contributed by atoms with van der Waals surface area (Å²) >= 11 is 0. The van der Waals surface area contributed by atoms with Crippen molar-refractivity contribution in [2.24, 2.45) is 0 Å². The molecule has 26 heavy (non-hydrogen) atoms. The molecular weight excluding hydrogens is 332 g/mol. The Bertz CT molecular complexity index is 1020. The predicted molar refractivity (Wildman–Crippen MR) is 100 cm³/mol. The Morgan fingerprint density at radius 2 is 1.85 bits per heavy atom. The zero-order chi connectivity index (χ0) is 18.7. The molecule has 134 valence electrons. The summed E-state index contributed by atoms with van der Waals surface area (Å²) in [4.78, 5) is 27.6. The first kappa shape index (κ1) is 17.5. The van der Waals surface area contributed by atoms with Gasteiger partial charge >= 0.3 is 0 Å². The van der Waals surface area contributed by atoms with Gasteiger partial charge in [-0.1, -0.05) is 18.2 Å². The van der Waals surface area contributed by atoms with Crippen molar-refractivity contribution in [3.05, 3.63) is 69.5 Å². The summed E-state index contributed by atoms with van der Waals surface area (Å²) < 4.78 is 10.4. The van der Waals surface area contributed by atoms with E-state index in [0.29, 0.717) is 22.6 Å². The van der Waals surface area contributed by atoms with Crippen molar-refractivity contribution in [3.63, 3.8) is 0 Å². The lowest BCUT2D eigenvalue weighted by Crippen LogP contribution is -2.26. The molecule has 0 spiro atoms. The van der Waals surface area contributed by atoms with E-state index < -0.39 is 0 Å². The minimum absolute atomic E-state index is 0.131. The number of hydrogen-bond donors (Lipinski definition) is 2. The van der Waals surface area contributed by atoms with Crippen LogP contribution < -0.4 is 20.3 Å². The van der Waals surface area contributed by atoms with Crippen molar-refractivity contribution < 1.29 is 14.3 Å². The van der Waals surface area contributed by atoms with Crippen LogP contribution in [0.3, 0.4) is 0 Å². The first-order chi connectivity index (χ1) is 12.5. The van der Waals surface area contributed by atoms with E-state index in [1.165, 1.54) is 14.2 Å². The molecule has 0 saturated heterocycles. The zero-order valence-corrected chi connectivity index (χ0v) is 14.9. The Hall–Kier alpha value is -3.28. The monoisotopic (exact) mass is 352 g/mol. The SMILES string of the molecule is COc1ccc(C(=O)NCc2cc3cccc(C)c3[nH]c2=O)cc1OC. The summed E-state index contributed by atoms with van der Waals surface area (Å²) in [6.07, 6.45) is 0. The minimum atomic E-state index is -0.297. The summed E-state index contributed by atoms with van der Waals surface area (Å²) in [5.74, 6) is 0.722. The molecule has 3 aromatic rings. The van der Waals surface area contributed by atoms with Crippen molar-refractivity contribution >= 4 is 16.8 Å². The van der Waals surface area contributed by atoms with Gasteiger partial charge < -0.3 is 19.8 Å². The van der Waals surface area contributed by atoms with Gasteiger partial charge in [-0.05, 0) is 42.1 Å². The average Bonchev–Trinajstić information content (AvgIpc) is 2.66. The number of H-pyrrole nitrogens is 1. The van der Waals surface area contributed by atoms with Gasteiger partial charge in [0.25, 0.3) is 11.5 Å². The van der Waals surface area contributed by atoms with E-state index in [1.54, 1.807) is 24.3 Å². The molecule has 1 amide bonds. The van der Waals surface area contributed by atoms with Gasteiger partial charge in [0.2, 0.25) is 0 Å². The molecule has 1 heterocycles. The zero-order valence-electron chi connectivity index (χ0n) is 14.9. The van der Waals surface area contributed by atoms with Crippen LogP contribution in [0.4, 0.5) is 0 Å². The van der Waals surface area contributed by atoms with Crippen LogP contribution in [0.2, 0.25) is 0 Å². The maximum atomic E-state index is 12.4. The molecule has 3 rings (SSSR count). The van der Waals surface area contributed by atoms with Crippen LogP contribution in [0.5, 0.6) is 11.5 Å². The van der Waals surface area contributed by atoms with E-state index in [1.807, 2.05) is 25.1 Å². The number of ether oxygens (including phenoxy) is 2. The number of carbonyl (C=O) groups excluding carboxylic acids is 1. The second-order valence-electron chi connectivity index (χ2n) is 5.92. The Kier molecular flexibility index (Phi) is 4.93. The molecule has 0 radical (unpaired) electrons. The summed E-state index contributed by atoms with van der Waals surface area (Å²) in [5, 5.41) is 3.70. The maximum absolute atomic E-state index is 12.4. The highest BCUT2D eigenvalue weighted by molar-refractivity contribution is 5.95. The van der Waals surface area contributed by atoms with E-state index in [-0.39, 0.29) is 18.0 Å². The highest BCUT2D eigenvalue weighted by Gasteiger charge is 2.12. The van der Waals surface area contributed by atoms with Crippen molar-refractivity contribution in [1.82, 2.24) is 10.3 Å². The predicted octanol–water partition coefficient (Wildman–Crippen LogP) is 2.78. The van der Waals surface area contributed by atoms with Gasteiger partial charge in [0.15, 0.2) is 11.5 Å². The number of carbonyl (C=O) groups is 1. The second kappa shape index (κ2) is 7.31. The molecule has 2 N–H and O–H groups in total. The molecule has 2 aromatic carbocycles. The normalized spacial score (nSPS) is 10.6. The van der Waals surface area contributed by atoms with Crippen LogP contribution >= 0.6 is 0 Å². The Balaban J connectivity index is 1.81. The molecule has 0 aliphatic rings. The largest absolute Gasteiger partial charge is 0.493 e. The standard InChI is InChI=1S/C20H20N2O4/c1-12-5-4-6-13-9-15(20(24)22-18(12)13)11-21-19(23)14-7-8-16(25-2)17(10-14)26-3/h4-10H,11H2,1-3H3,(H,21,23)(H,22,24). The van der Waals surface area contributed by atoms with Crippen LogP contribution in [0, 0.1) is 6.92 Å². The van der Waals surface area contributed by atoms with Gasteiger partial charge in [0, 0.05) is 17.7 Å². The molecule has 0 atom stereocenters. The van der Waals surface area contributed by atoms with Gasteiger partial charge in [-0.2, -0.15) is 0 Å². The number of fused-ring (bicyclic) bond motifs is 1. The second-order valence-corrected chi connectivity index (χ2v) is 5.92. The Labute approximate surface area is 150 Å². The topological polar surface area (TPSA) is 80.4 Å². The number of amides is 1. The van der Waals surface area contributed by atoms with Crippen molar-refractivity contribution in [2.45, 2.75) is 13.5 Å². The fourth-order valence-corrected chi connectivity index (χ4v) is 2.81. The van der Waals surface area contributed by atoms with Gasteiger partial charge in [-0.15, -0.1) is 0 Å². The number of benzene rings is 2. The number of para-hydroxylation sites is 1. The van der Waals surface area contributed by atoms with Crippen LogP contribution in [-0.2, 0) is 6.54 Å². The number of hydrogen-bond acceptors (Lipinski definition) is 4. The maximum Gasteiger partial charge on any atom is 0.253 e. The summed E-state index contributed by atoms with van der Waals surface area (Å²) in [5.41, 5.74) is 2.53. The number of aromatic amines is 1. The highest BCUT2D eigenvalue weighted by atomic mass is 16.5. The minimum Gasteiger partial charge on any atom is -0.493 e. The molecule has 6 nitrogen and oxygen atoms in total. The smallest absolute Gasteiger partial charge is 0.253 e. The fourth-order valence-electron chi connectivity index (χ4n) is 2.81. The Morgan fingerprint density at radius 3 is 2.58 bits per heavy atom. The van der Waals surface area contributed by atoms with E-state index in [2.05, 4.69) is 10.3 Å². The van der Waals surface area contributed by atoms with Gasteiger partial charge in [0.1, 0.15) is 0 Å². The highest BCUT2D eigenvalue weighted by Crippen LogP contribution is 2.27. The van der Waals surface area contributed by atoms with Gasteiger partial charge in [-0.25, -0.2) is 0 Å². The Morgan fingerprint density at radius 1 is 1.08 bits per heavy atom. The lowest BCUT2D eigenvalue weighted by molar-refractivity contribution is 0.0950. The molecule has 0 unspecified atom stereocenters. The van der Waals surface area contributed by atoms with E-state index in [0.717, 1.165) is 16.5 Å². The lowest BCUT2D eigenvalue weighted by Gasteiger charge is -2.10. The number of aryl methyl sites for hydroxylation is 1. The van der Waals surface area contributed by atoms with Crippen LogP contribution in [0.15, 0.2) is 47.3 Å². The fraction of sp³-hybridized carbons (Fsp3) is 0.200. The first-order valence-electron chi connectivity index (χ1n) is 8.15. The summed E-state index contributed by atoms with van der Waals surface area (Å²) in [7, 11) is 3.04. The first-order valence-corrected chi connectivity index (χ1v) is 8.15. The molecule has 0 saturated carbocycles. The third kappa shape index (κ3) is 3.39. The quantitative estimate of drug-likeness (QED) is 0.740. The molecule has 1 aromatic heterocycles. The molecule has 0 fully saturated rings. The average molecular weight is 352 g/mol. The van der Waals surface area contributed by atoms with Gasteiger partial charge in [0.05, 0.1) is 19.7 Å². The van der Waals surface area contributed by atoms with E-state index in [9.17, 15) is 9.59 Å². The summed E-state index contributed by atoms with van der Waals surface area (Å²) in [6, 6.07) is 12.5. The lowest BCUT2D eigenvalue weighted by atomic mass is 10.1. The number of nitrogens with one attached hydrogen (secondary N) is 2. The number of methoxy groups -OCH3 is 2. The molecular formula is C20H20N2O4. The van der Waals surface area contributed by atoms with Crippen molar-refractivity contribution in [1.29, 1.82) is 0 Å². The van der Waals surface area contributed by atoms with Crippen molar-refractivity contribution in [2.75, 3.05) is 14.2 Å². The number of aromatic nitrogens is 1. The number of pyridine rings is 1. The third-order valence-electron chi connectivity index (χ3n) is 4.25. The van der Waals surface area contributed by atoms with Crippen LogP contribution in [0.25, 0.3) is 10.9 Å². The molecule has 0 bridgehead atoms. The van der Waals surface area contributed by atoms with E-state index >= 15 is 0 Å².